The number of nitrogens with one attached hydrogen (secondary N) is 2. The standard InChI is InChI=1S/C24H27N3O3/c28-24-21(15-20(17-26-24)19-5-2-1-3-6-19)18-25-22-7-4-8-23(16-22)30-14-11-27-9-12-29-13-10-27/h1-8,15-17,25H,9-14,18H2,(H,26,28). The van der Waals surface area contributed by atoms with Crippen LogP contribution in [0.15, 0.2) is 71.7 Å². The van der Waals surface area contributed by atoms with Crippen LogP contribution in [0.2, 0.25) is 0 Å². The van der Waals surface area contributed by atoms with E-state index >= 15 is 0 Å². The Morgan fingerprint density at radius 1 is 1.00 bits per heavy atom. The maximum atomic E-state index is 12.2. The molecule has 0 bridgehead atoms. The number of aromatic nitrogens is 1. The fourth-order valence-electron chi connectivity index (χ4n) is 3.47. The molecule has 0 unspecified atom stereocenters. The van der Waals surface area contributed by atoms with Crippen molar-refractivity contribution in [3.05, 3.63) is 82.8 Å². The lowest BCUT2D eigenvalue weighted by Crippen LogP contribution is -2.38. The summed E-state index contributed by atoms with van der Waals surface area (Å²) in [5.41, 5.74) is 3.59. The molecular weight excluding hydrogens is 378 g/mol. The molecule has 1 saturated heterocycles. The van der Waals surface area contributed by atoms with Crippen molar-refractivity contribution in [3.8, 4) is 16.9 Å². The van der Waals surface area contributed by atoms with Gasteiger partial charge in [0.2, 0.25) is 0 Å². The lowest BCUT2D eigenvalue weighted by Gasteiger charge is -2.26. The van der Waals surface area contributed by atoms with E-state index in [-0.39, 0.29) is 5.56 Å². The van der Waals surface area contributed by atoms with Crippen LogP contribution >= 0.6 is 0 Å². The molecule has 0 atom stereocenters. The predicted molar refractivity (Wildman–Crippen MR) is 119 cm³/mol. The molecule has 3 aromatic rings. The second-order valence-electron chi connectivity index (χ2n) is 7.29. The summed E-state index contributed by atoms with van der Waals surface area (Å²) in [5, 5.41) is 3.33. The molecule has 6 heteroatoms. The normalized spacial score (nSPS) is 14.4. The third kappa shape index (κ3) is 5.49. The smallest absolute Gasteiger partial charge is 0.252 e. The summed E-state index contributed by atoms with van der Waals surface area (Å²) in [7, 11) is 0. The number of morpholine rings is 1. The highest BCUT2D eigenvalue weighted by atomic mass is 16.5. The van der Waals surface area contributed by atoms with Crippen LogP contribution in [-0.4, -0.2) is 49.3 Å². The zero-order valence-electron chi connectivity index (χ0n) is 17.0. The summed E-state index contributed by atoms with van der Waals surface area (Å²) in [6.07, 6.45) is 1.75. The predicted octanol–water partition coefficient (Wildman–Crippen LogP) is 3.37. The van der Waals surface area contributed by atoms with Crippen molar-refractivity contribution in [1.29, 1.82) is 0 Å². The fourth-order valence-corrected chi connectivity index (χ4v) is 3.47. The lowest BCUT2D eigenvalue weighted by atomic mass is 10.1. The van der Waals surface area contributed by atoms with Gasteiger partial charge >= 0.3 is 0 Å². The Labute approximate surface area is 176 Å². The molecule has 4 rings (SSSR count). The van der Waals surface area contributed by atoms with E-state index in [1.807, 2.05) is 60.7 Å². The number of hydrogen-bond acceptors (Lipinski definition) is 5. The molecule has 156 valence electrons. The first kappa shape index (κ1) is 20.2. The second-order valence-corrected chi connectivity index (χ2v) is 7.29. The van der Waals surface area contributed by atoms with Crippen LogP contribution in [0.1, 0.15) is 5.56 Å². The van der Waals surface area contributed by atoms with Gasteiger partial charge in [0.05, 0.1) is 13.2 Å². The summed E-state index contributed by atoms with van der Waals surface area (Å²) in [6, 6.07) is 19.8. The molecule has 0 radical (unpaired) electrons. The maximum absolute atomic E-state index is 12.2. The van der Waals surface area contributed by atoms with Crippen molar-refractivity contribution < 1.29 is 9.47 Å². The highest BCUT2D eigenvalue weighted by Gasteiger charge is 2.10. The largest absolute Gasteiger partial charge is 0.492 e. The number of nitrogens with zero attached hydrogens (tertiary/aromatic N) is 1. The van der Waals surface area contributed by atoms with E-state index in [0.29, 0.717) is 18.7 Å². The van der Waals surface area contributed by atoms with E-state index in [4.69, 9.17) is 9.47 Å². The van der Waals surface area contributed by atoms with Crippen LogP contribution in [0.25, 0.3) is 11.1 Å². The molecule has 2 aromatic carbocycles. The summed E-state index contributed by atoms with van der Waals surface area (Å²) in [5.74, 6) is 0.820. The third-order valence-electron chi connectivity index (χ3n) is 5.18. The molecule has 30 heavy (non-hydrogen) atoms. The van der Waals surface area contributed by atoms with Crippen molar-refractivity contribution in [1.82, 2.24) is 9.88 Å². The fraction of sp³-hybridized carbons (Fsp3) is 0.292. The van der Waals surface area contributed by atoms with Crippen molar-refractivity contribution >= 4 is 5.69 Å². The van der Waals surface area contributed by atoms with Gasteiger partial charge in [-0.25, -0.2) is 0 Å². The topological polar surface area (TPSA) is 66.6 Å². The molecule has 1 aliphatic heterocycles. The average Bonchev–Trinajstić information content (AvgIpc) is 2.80. The van der Waals surface area contributed by atoms with E-state index in [1.165, 1.54) is 0 Å². The SMILES string of the molecule is O=c1[nH]cc(-c2ccccc2)cc1CNc1cccc(OCCN2CCOCC2)c1. The van der Waals surface area contributed by atoms with Gasteiger partial charge in [-0.2, -0.15) is 0 Å². The number of anilines is 1. The molecule has 6 nitrogen and oxygen atoms in total. The van der Waals surface area contributed by atoms with Crippen LogP contribution in [0, 0.1) is 0 Å². The van der Waals surface area contributed by atoms with Gasteiger partial charge in [-0.3, -0.25) is 9.69 Å². The number of pyridine rings is 1. The highest BCUT2D eigenvalue weighted by Crippen LogP contribution is 2.20. The van der Waals surface area contributed by atoms with Crippen molar-refractivity contribution in [2.45, 2.75) is 6.54 Å². The van der Waals surface area contributed by atoms with E-state index < -0.39 is 0 Å². The second kappa shape index (κ2) is 10.1. The molecule has 0 saturated carbocycles. The number of H-pyrrole nitrogens is 1. The van der Waals surface area contributed by atoms with Gasteiger partial charge in [0.1, 0.15) is 12.4 Å². The van der Waals surface area contributed by atoms with Gasteiger partial charge < -0.3 is 19.8 Å². The van der Waals surface area contributed by atoms with Crippen molar-refractivity contribution in [2.75, 3.05) is 44.8 Å². The number of benzene rings is 2. The zero-order valence-corrected chi connectivity index (χ0v) is 17.0. The Balaban J connectivity index is 1.35. The first-order valence-corrected chi connectivity index (χ1v) is 10.3. The molecule has 0 amide bonds. The average molecular weight is 405 g/mol. The minimum absolute atomic E-state index is 0.0832. The number of aromatic amines is 1. The number of rotatable bonds is 8. The van der Waals surface area contributed by atoms with Crippen molar-refractivity contribution in [2.24, 2.45) is 0 Å². The Kier molecular flexibility index (Phi) is 6.79. The minimum atomic E-state index is -0.0832. The van der Waals surface area contributed by atoms with Gasteiger partial charge in [-0.1, -0.05) is 36.4 Å². The highest BCUT2D eigenvalue weighted by molar-refractivity contribution is 5.63. The van der Waals surface area contributed by atoms with Crippen molar-refractivity contribution in [3.63, 3.8) is 0 Å². The van der Waals surface area contributed by atoms with Crippen LogP contribution in [0.3, 0.4) is 0 Å². The maximum Gasteiger partial charge on any atom is 0.252 e. The molecule has 0 aliphatic carbocycles. The number of ether oxygens (including phenoxy) is 2. The van der Waals surface area contributed by atoms with Crippen LogP contribution < -0.4 is 15.6 Å². The first-order chi connectivity index (χ1) is 14.8. The first-order valence-electron chi connectivity index (χ1n) is 10.3. The van der Waals surface area contributed by atoms with Gasteiger partial charge in [0.25, 0.3) is 5.56 Å². The molecular formula is C24H27N3O3. The molecule has 1 aromatic heterocycles. The van der Waals surface area contributed by atoms with E-state index in [1.54, 1.807) is 6.20 Å². The zero-order chi connectivity index (χ0) is 20.6. The summed E-state index contributed by atoms with van der Waals surface area (Å²) in [4.78, 5) is 17.4. The van der Waals surface area contributed by atoms with E-state index in [2.05, 4.69) is 15.2 Å². The molecule has 1 aliphatic rings. The lowest BCUT2D eigenvalue weighted by molar-refractivity contribution is 0.0322. The minimum Gasteiger partial charge on any atom is -0.492 e. The Hall–Kier alpha value is -3.09. The summed E-state index contributed by atoms with van der Waals surface area (Å²) in [6.45, 7) is 5.48. The van der Waals surface area contributed by atoms with Crippen LogP contribution in [-0.2, 0) is 11.3 Å². The Morgan fingerprint density at radius 3 is 2.67 bits per heavy atom. The third-order valence-corrected chi connectivity index (χ3v) is 5.18. The van der Waals surface area contributed by atoms with Gasteiger partial charge in [-0.05, 0) is 29.3 Å². The van der Waals surface area contributed by atoms with Gasteiger partial charge in [-0.15, -0.1) is 0 Å². The quantitative estimate of drug-likeness (QED) is 0.602. The van der Waals surface area contributed by atoms with Gasteiger partial charge in [0.15, 0.2) is 0 Å². The monoisotopic (exact) mass is 405 g/mol. The summed E-state index contributed by atoms with van der Waals surface area (Å²) < 4.78 is 11.3. The van der Waals surface area contributed by atoms with Gasteiger partial charge in [0, 0.05) is 49.7 Å². The van der Waals surface area contributed by atoms with Crippen LogP contribution in [0.5, 0.6) is 5.75 Å². The molecule has 2 heterocycles. The number of hydrogen-bond donors (Lipinski definition) is 2. The molecule has 0 spiro atoms. The Morgan fingerprint density at radius 2 is 1.83 bits per heavy atom. The summed E-state index contributed by atoms with van der Waals surface area (Å²) >= 11 is 0. The van der Waals surface area contributed by atoms with Crippen LogP contribution in [0.4, 0.5) is 5.69 Å². The van der Waals surface area contributed by atoms with E-state index in [0.717, 1.165) is 55.4 Å². The molecule has 1 fully saturated rings. The molecule has 2 N–H and O–H groups in total. The Bertz CT molecular complexity index is 998. The van der Waals surface area contributed by atoms with E-state index in [9.17, 15) is 4.79 Å².